The molecular formula is C11H6BrClFN3O3. The van der Waals surface area contributed by atoms with Crippen LogP contribution in [0.2, 0.25) is 5.28 Å². The number of nitrogens with zero attached hydrogens (tertiary/aromatic N) is 3. The Balaban J connectivity index is 2.50. The van der Waals surface area contributed by atoms with Gasteiger partial charge in [0.2, 0.25) is 5.28 Å². The number of aryl methyl sites for hydroxylation is 1. The largest absolute Gasteiger partial charge is 0.432 e. The van der Waals surface area contributed by atoms with Gasteiger partial charge in [-0.2, -0.15) is 4.98 Å². The number of aromatic nitrogens is 2. The quantitative estimate of drug-likeness (QED) is 0.468. The van der Waals surface area contributed by atoms with Crippen molar-refractivity contribution in [1.29, 1.82) is 0 Å². The van der Waals surface area contributed by atoms with E-state index in [2.05, 4.69) is 25.9 Å². The molecular weight excluding hydrogens is 356 g/mol. The van der Waals surface area contributed by atoms with Crippen LogP contribution in [-0.4, -0.2) is 14.9 Å². The molecule has 0 bridgehead atoms. The maximum atomic E-state index is 13.0. The molecule has 20 heavy (non-hydrogen) atoms. The molecule has 0 aliphatic carbocycles. The number of nitro groups is 1. The molecule has 0 N–H and O–H groups in total. The Morgan fingerprint density at radius 3 is 2.75 bits per heavy atom. The highest BCUT2D eigenvalue weighted by molar-refractivity contribution is 9.10. The Morgan fingerprint density at radius 2 is 2.15 bits per heavy atom. The Bertz CT molecular complexity index is 699. The summed E-state index contributed by atoms with van der Waals surface area (Å²) >= 11 is 8.75. The zero-order valence-electron chi connectivity index (χ0n) is 9.93. The minimum atomic E-state index is -0.668. The van der Waals surface area contributed by atoms with Gasteiger partial charge in [-0.1, -0.05) is 0 Å². The van der Waals surface area contributed by atoms with E-state index in [0.29, 0.717) is 4.47 Å². The molecule has 0 fully saturated rings. The first-order chi connectivity index (χ1) is 9.38. The number of hydrogen-bond acceptors (Lipinski definition) is 5. The summed E-state index contributed by atoms with van der Waals surface area (Å²) in [6.07, 6.45) is 0. The van der Waals surface area contributed by atoms with Crippen molar-refractivity contribution in [3.63, 3.8) is 0 Å². The van der Waals surface area contributed by atoms with E-state index in [0.717, 1.165) is 12.1 Å². The number of benzene rings is 1. The highest BCUT2D eigenvalue weighted by atomic mass is 79.9. The van der Waals surface area contributed by atoms with Crippen molar-refractivity contribution in [3.05, 3.63) is 49.6 Å². The predicted molar refractivity (Wildman–Crippen MR) is 72.6 cm³/mol. The second-order valence-electron chi connectivity index (χ2n) is 3.67. The summed E-state index contributed by atoms with van der Waals surface area (Å²) in [6, 6.07) is 3.63. The van der Waals surface area contributed by atoms with E-state index in [1.54, 1.807) is 0 Å². The molecule has 1 aromatic heterocycles. The summed E-state index contributed by atoms with van der Waals surface area (Å²) in [6.45, 7) is 1.41. The fraction of sp³-hybridized carbons (Fsp3) is 0.0909. The standard InChI is InChI=1S/C11H6BrClFN3O3/c1-5-9(17(18)19)10(16-11(13)15-5)20-8-3-2-6(14)4-7(8)12/h2-4H,1H3. The van der Waals surface area contributed by atoms with Gasteiger partial charge in [-0.25, -0.2) is 9.37 Å². The van der Waals surface area contributed by atoms with Crippen molar-refractivity contribution < 1.29 is 14.1 Å². The fourth-order valence-corrected chi connectivity index (χ4v) is 2.09. The van der Waals surface area contributed by atoms with Crippen LogP contribution in [0.5, 0.6) is 11.6 Å². The topological polar surface area (TPSA) is 78.2 Å². The third kappa shape index (κ3) is 3.02. The smallest absolute Gasteiger partial charge is 0.352 e. The minimum Gasteiger partial charge on any atom is -0.432 e. The van der Waals surface area contributed by atoms with Crippen LogP contribution in [0.15, 0.2) is 22.7 Å². The molecule has 2 rings (SSSR count). The summed E-state index contributed by atoms with van der Waals surface area (Å²) in [5.41, 5.74) is -0.325. The summed E-state index contributed by atoms with van der Waals surface area (Å²) < 4.78 is 18.6. The van der Waals surface area contributed by atoms with Gasteiger partial charge in [0.15, 0.2) is 0 Å². The Hall–Kier alpha value is -1.80. The van der Waals surface area contributed by atoms with E-state index >= 15 is 0 Å². The van der Waals surface area contributed by atoms with Gasteiger partial charge in [0, 0.05) is 0 Å². The second kappa shape index (κ2) is 5.68. The van der Waals surface area contributed by atoms with Crippen LogP contribution in [0.3, 0.4) is 0 Å². The Kier molecular flexibility index (Phi) is 4.15. The summed E-state index contributed by atoms with van der Waals surface area (Å²) in [4.78, 5) is 17.7. The first kappa shape index (κ1) is 14.6. The highest BCUT2D eigenvalue weighted by Crippen LogP contribution is 2.35. The molecule has 0 aliphatic rings. The van der Waals surface area contributed by atoms with Crippen molar-refractivity contribution in [2.75, 3.05) is 0 Å². The third-order valence-corrected chi connectivity index (χ3v) is 3.07. The lowest BCUT2D eigenvalue weighted by atomic mass is 10.3. The van der Waals surface area contributed by atoms with Gasteiger partial charge in [-0.15, -0.1) is 0 Å². The van der Waals surface area contributed by atoms with Crippen molar-refractivity contribution in [2.24, 2.45) is 0 Å². The maximum absolute atomic E-state index is 13.0. The number of halogens is 3. The van der Waals surface area contributed by atoms with Crippen molar-refractivity contribution in [3.8, 4) is 11.6 Å². The molecule has 0 radical (unpaired) electrons. The number of rotatable bonds is 3. The summed E-state index contributed by atoms with van der Waals surface area (Å²) in [5, 5.41) is 10.8. The number of ether oxygens (including phenoxy) is 1. The van der Waals surface area contributed by atoms with Crippen molar-refractivity contribution in [2.45, 2.75) is 6.92 Å². The van der Waals surface area contributed by atoms with Crippen molar-refractivity contribution >= 4 is 33.2 Å². The molecule has 9 heteroatoms. The normalized spacial score (nSPS) is 10.4. The third-order valence-electron chi connectivity index (χ3n) is 2.28. The van der Waals surface area contributed by atoms with E-state index in [1.165, 1.54) is 13.0 Å². The molecule has 0 saturated heterocycles. The summed E-state index contributed by atoms with van der Waals surface area (Å²) in [5.74, 6) is -0.612. The van der Waals surface area contributed by atoms with Gasteiger partial charge in [0.05, 0.1) is 9.40 Å². The van der Waals surface area contributed by atoms with Gasteiger partial charge in [-0.3, -0.25) is 10.1 Å². The molecule has 0 spiro atoms. The lowest BCUT2D eigenvalue weighted by molar-refractivity contribution is -0.386. The molecule has 1 aromatic carbocycles. The first-order valence-corrected chi connectivity index (χ1v) is 6.37. The van der Waals surface area contributed by atoms with E-state index in [1.807, 2.05) is 0 Å². The van der Waals surface area contributed by atoms with E-state index in [9.17, 15) is 14.5 Å². The van der Waals surface area contributed by atoms with Gasteiger partial charge in [0.25, 0.3) is 0 Å². The van der Waals surface area contributed by atoms with Crippen LogP contribution in [-0.2, 0) is 0 Å². The van der Waals surface area contributed by atoms with Crippen molar-refractivity contribution in [1.82, 2.24) is 9.97 Å². The van der Waals surface area contributed by atoms with Crippen LogP contribution in [0.25, 0.3) is 0 Å². The number of hydrogen-bond donors (Lipinski definition) is 0. The maximum Gasteiger partial charge on any atom is 0.352 e. The van der Waals surface area contributed by atoms with Crippen LogP contribution in [0.1, 0.15) is 5.69 Å². The van der Waals surface area contributed by atoms with Gasteiger partial charge >= 0.3 is 11.6 Å². The van der Waals surface area contributed by atoms with Crippen LogP contribution in [0.4, 0.5) is 10.1 Å². The SMILES string of the molecule is Cc1nc(Cl)nc(Oc2ccc(F)cc2Br)c1[N+](=O)[O-]. The van der Waals surface area contributed by atoms with Gasteiger partial charge < -0.3 is 4.74 Å². The predicted octanol–water partition coefficient (Wildman–Crippen LogP) is 4.04. The van der Waals surface area contributed by atoms with E-state index in [-0.39, 0.29) is 22.6 Å². The zero-order chi connectivity index (χ0) is 14.9. The lowest BCUT2D eigenvalue weighted by Gasteiger charge is -2.08. The van der Waals surface area contributed by atoms with Crippen LogP contribution < -0.4 is 4.74 Å². The zero-order valence-corrected chi connectivity index (χ0v) is 12.3. The molecule has 0 unspecified atom stereocenters. The molecule has 0 atom stereocenters. The van der Waals surface area contributed by atoms with Gasteiger partial charge in [-0.05, 0) is 52.7 Å². The fourth-order valence-electron chi connectivity index (χ4n) is 1.45. The molecule has 1 heterocycles. The minimum absolute atomic E-state index is 0.0724. The second-order valence-corrected chi connectivity index (χ2v) is 4.86. The molecule has 0 amide bonds. The Labute approximate surface area is 125 Å². The molecule has 2 aromatic rings. The molecule has 0 saturated carbocycles. The monoisotopic (exact) mass is 361 g/mol. The summed E-state index contributed by atoms with van der Waals surface area (Å²) in [7, 11) is 0. The molecule has 0 aliphatic heterocycles. The molecule has 6 nitrogen and oxygen atoms in total. The van der Waals surface area contributed by atoms with Crippen LogP contribution >= 0.6 is 27.5 Å². The highest BCUT2D eigenvalue weighted by Gasteiger charge is 2.24. The van der Waals surface area contributed by atoms with Crippen LogP contribution in [0, 0.1) is 22.9 Å². The lowest BCUT2D eigenvalue weighted by Crippen LogP contribution is -2.01. The first-order valence-electron chi connectivity index (χ1n) is 5.20. The van der Waals surface area contributed by atoms with E-state index < -0.39 is 16.4 Å². The van der Waals surface area contributed by atoms with E-state index in [4.69, 9.17) is 16.3 Å². The Morgan fingerprint density at radius 1 is 1.45 bits per heavy atom. The van der Waals surface area contributed by atoms with Gasteiger partial charge in [0.1, 0.15) is 17.3 Å². The average molecular weight is 363 g/mol. The molecule has 104 valence electrons. The average Bonchev–Trinajstić information content (AvgIpc) is 2.31.